The molecule has 2 N–H and O–H groups in total. The van der Waals surface area contributed by atoms with Crippen LogP contribution in [0.3, 0.4) is 0 Å². The maximum Gasteiger partial charge on any atom is 0.0420 e. The summed E-state index contributed by atoms with van der Waals surface area (Å²) in [5.41, 5.74) is 5.12. The molecule has 0 bridgehead atoms. The van der Waals surface area contributed by atoms with Gasteiger partial charge in [0.05, 0.1) is 0 Å². The number of nitrogens with two attached hydrogens (primary N) is 1. The molecule has 1 aliphatic rings. The molecule has 0 amide bonds. The Morgan fingerprint density at radius 1 is 1.86 bits per heavy atom. The van der Waals surface area contributed by atoms with Crippen LogP contribution in [0.15, 0.2) is 12.3 Å². The zero-order chi connectivity index (χ0) is 5.28. The Bertz CT molecular complexity index is 88.1. The van der Waals surface area contributed by atoms with Gasteiger partial charge >= 0.3 is 0 Å². The largest absolute Gasteiger partial charge is 0.405 e. The van der Waals surface area contributed by atoms with Gasteiger partial charge in [-0.25, -0.2) is 0 Å². The Morgan fingerprint density at radius 3 is 2.57 bits per heavy atom. The molecule has 0 aliphatic carbocycles. The van der Waals surface area contributed by atoms with E-state index in [0.717, 1.165) is 0 Å². The number of likely N-dealkylation sites (N-methyl/N-ethyl adjacent to an activating group) is 1. The molecular formula is C5H10N2. The van der Waals surface area contributed by atoms with Crippen LogP contribution in [0.2, 0.25) is 0 Å². The van der Waals surface area contributed by atoms with Gasteiger partial charge in [0.1, 0.15) is 0 Å². The van der Waals surface area contributed by atoms with Crippen LogP contribution in [0, 0.1) is 0 Å². The van der Waals surface area contributed by atoms with Crippen molar-refractivity contribution >= 4 is 0 Å². The topological polar surface area (TPSA) is 29.0 Å². The average molecular weight is 98.1 g/mol. The van der Waals surface area contributed by atoms with Gasteiger partial charge in [0, 0.05) is 12.6 Å². The standard InChI is InChI=1S/C5H10N2/c1-7-4-5(7)2-3-6/h2-3,5H,4,6H2,1H3/b3-2-. The van der Waals surface area contributed by atoms with Crippen molar-refractivity contribution < 1.29 is 0 Å². The summed E-state index contributed by atoms with van der Waals surface area (Å²) in [6.07, 6.45) is 3.61. The Kier molecular flexibility index (Phi) is 1.02. The number of nitrogens with zero attached hydrogens (tertiary/aromatic N) is 1. The van der Waals surface area contributed by atoms with Gasteiger partial charge in [-0.2, -0.15) is 0 Å². The molecule has 2 heteroatoms. The van der Waals surface area contributed by atoms with E-state index in [4.69, 9.17) is 5.73 Å². The molecule has 2 atom stereocenters. The van der Waals surface area contributed by atoms with E-state index in [2.05, 4.69) is 11.9 Å². The molecule has 0 radical (unpaired) electrons. The molecule has 0 aromatic rings. The summed E-state index contributed by atoms with van der Waals surface area (Å²) < 4.78 is 0. The molecule has 1 aliphatic heterocycles. The van der Waals surface area contributed by atoms with Gasteiger partial charge in [0.15, 0.2) is 0 Å². The van der Waals surface area contributed by atoms with Crippen LogP contribution in [-0.2, 0) is 0 Å². The van der Waals surface area contributed by atoms with Gasteiger partial charge in [-0.3, -0.25) is 4.90 Å². The van der Waals surface area contributed by atoms with Crippen molar-refractivity contribution in [3.05, 3.63) is 12.3 Å². The molecule has 1 rings (SSSR count). The maximum atomic E-state index is 5.12. The van der Waals surface area contributed by atoms with Crippen LogP contribution in [0.1, 0.15) is 0 Å². The summed E-state index contributed by atoms with van der Waals surface area (Å²) in [7, 11) is 2.07. The van der Waals surface area contributed by atoms with Crippen LogP contribution < -0.4 is 5.73 Å². The molecule has 0 spiro atoms. The Labute approximate surface area is 43.6 Å². The van der Waals surface area contributed by atoms with Crippen molar-refractivity contribution in [1.82, 2.24) is 4.90 Å². The van der Waals surface area contributed by atoms with E-state index in [1.54, 1.807) is 6.20 Å². The fourth-order valence-electron chi connectivity index (χ4n) is 0.584. The third kappa shape index (κ3) is 0.933. The van der Waals surface area contributed by atoms with Crippen LogP contribution >= 0.6 is 0 Å². The minimum absolute atomic E-state index is 0.644. The second-order valence-corrected chi connectivity index (χ2v) is 1.89. The van der Waals surface area contributed by atoms with Crippen molar-refractivity contribution in [2.75, 3.05) is 13.6 Å². The van der Waals surface area contributed by atoms with Crippen molar-refractivity contribution in [3.8, 4) is 0 Å². The highest BCUT2D eigenvalue weighted by atomic mass is 15.3. The van der Waals surface area contributed by atoms with Gasteiger partial charge in [-0.05, 0) is 13.2 Å². The molecule has 1 fully saturated rings. The third-order valence-electron chi connectivity index (χ3n) is 1.24. The SMILES string of the molecule is CN1CC1/C=C\N. The molecule has 0 aromatic carbocycles. The van der Waals surface area contributed by atoms with Crippen LogP contribution in [0.5, 0.6) is 0 Å². The van der Waals surface area contributed by atoms with E-state index in [1.165, 1.54) is 6.54 Å². The van der Waals surface area contributed by atoms with Gasteiger partial charge in [-0.15, -0.1) is 0 Å². The number of hydrogen-bond donors (Lipinski definition) is 1. The van der Waals surface area contributed by atoms with Gasteiger partial charge in [0.25, 0.3) is 0 Å². The van der Waals surface area contributed by atoms with E-state index in [1.807, 2.05) is 6.08 Å². The zero-order valence-corrected chi connectivity index (χ0v) is 4.46. The summed E-state index contributed by atoms with van der Waals surface area (Å²) in [5, 5.41) is 0. The number of rotatable bonds is 1. The molecule has 2 nitrogen and oxygen atoms in total. The lowest BCUT2D eigenvalue weighted by atomic mass is 10.5. The van der Waals surface area contributed by atoms with Crippen molar-refractivity contribution in [1.29, 1.82) is 0 Å². The fraction of sp³-hybridized carbons (Fsp3) is 0.600. The fourth-order valence-corrected chi connectivity index (χ4v) is 0.584. The predicted octanol–water partition coefficient (Wildman–Crippen LogP) is -0.227. The normalized spacial score (nSPS) is 39.6. The first-order valence-electron chi connectivity index (χ1n) is 2.43. The Morgan fingerprint density at radius 2 is 2.43 bits per heavy atom. The second-order valence-electron chi connectivity index (χ2n) is 1.89. The quantitative estimate of drug-likeness (QED) is 0.459. The minimum atomic E-state index is 0.644. The van der Waals surface area contributed by atoms with Crippen LogP contribution in [0.25, 0.3) is 0 Å². The molecular weight excluding hydrogens is 88.1 g/mol. The van der Waals surface area contributed by atoms with E-state index >= 15 is 0 Å². The zero-order valence-electron chi connectivity index (χ0n) is 4.46. The van der Waals surface area contributed by atoms with Crippen molar-refractivity contribution in [2.45, 2.75) is 6.04 Å². The van der Waals surface area contributed by atoms with Gasteiger partial charge < -0.3 is 5.73 Å². The number of hydrogen-bond acceptors (Lipinski definition) is 2. The summed E-state index contributed by atoms with van der Waals surface area (Å²) in [6, 6.07) is 0.644. The first kappa shape index (κ1) is 4.65. The highest BCUT2D eigenvalue weighted by Crippen LogP contribution is 2.12. The maximum absolute atomic E-state index is 5.12. The summed E-state index contributed by atoms with van der Waals surface area (Å²) in [4.78, 5) is 2.21. The summed E-state index contributed by atoms with van der Waals surface area (Å²) in [6.45, 7) is 1.17. The van der Waals surface area contributed by atoms with Crippen molar-refractivity contribution in [3.63, 3.8) is 0 Å². The predicted molar refractivity (Wildman–Crippen MR) is 29.7 cm³/mol. The first-order chi connectivity index (χ1) is 3.34. The first-order valence-corrected chi connectivity index (χ1v) is 2.43. The lowest BCUT2D eigenvalue weighted by Gasteiger charge is -1.80. The molecule has 0 saturated carbocycles. The van der Waals surface area contributed by atoms with Crippen LogP contribution in [0.4, 0.5) is 0 Å². The molecule has 2 unspecified atom stereocenters. The molecule has 40 valence electrons. The van der Waals surface area contributed by atoms with Crippen molar-refractivity contribution in [2.24, 2.45) is 5.73 Å². The monoisotopic (exact) mass is 98.1 g/mol. The molecule has 7 heavy (non-hydrogen) atoms. The van der Waals surface area contributed by atoms with E-state index in [9.17, 15) is 0 Å². The van der Waals surface area contributed by atoms with Gasteiger partial charge in [0.2, 0.25) is 0 Å². The Balaban J connectivity index is 2.21. The summed E-state index contributed by atoms with van der Waals surface area (Å²) >= 11 is 0. The molecule has 1 heterocycles. The molecule has 1 saturated heterocycles. The average Bonchev–Trinajstić information content (AvgIpc) is 2.22. The van der Waals surface area contributed by atoms with Gasteiger partial charge in [-0.1, -0.05) is 6.08 Å². The highest BCUT2D eigenvalue weighted by molar-refractivity contribution is 5.02. The second kappa shape index (κ2) is 1.54. The van der Waals surface area contributed by atoms with E-state index in [0.29, 0.717) is 6.04 Å². The Hall–Kier alpha value is -0.500. The van der Waals surface area contributed by atoms with Crippen LogP contribution in [-0.4, -0.2) is 24.5 Å². The smallest absolute Gasteiger partial charge is 0.0420 e. The molecule has 0 aromatic heterocycles. The summed E-state index contributed by atoms with van der Waals surface area (Å²) in [5.74, 6) is 0. The lowest BCUT2D eigenvalue weighted by Crippen LogP contribution is -1.89. The lowest BCUT2D eigenvalue weighted by molar-refractivity contribution is 0.660. The van der Waals surface area contributed by atoms with E-state index in [-0.39, 0.29) is 0 Å². The van der Waals surface area contributed by atoms with E-state index < -0.39 is 0 Å². The highest BCUT2D eigenvalue weighted by Gasteiger charge is 2.25. The minimum Gasteiger partial charge on any atom is -0.405 e. The third-order valence-corrected chi connectivity index (χ3v) is 1.24.